The minimum atomic E-state index is -0.308. The van der Waals surface area contributed by atoms with Gasteiger partial charge in [-0.2, -0.15) is 0 Å². The van der Waals surface area contributed by atoms with Gasteiger partial charge in [0.1, 0.15) is 17.0 Å². The molecule has 0 radical (unpaired) electrons. The molecule has 0 aliphatic rings. The van der Waals surface area contributed by atoms with Crippen molar-refractivity contribution in [1.82, 2.24) is 20.1 Å². The monoisotopic (exact) mass is 290 g/mol. The molecular weight excluding hydrogens is 276 g/mol. The van der Waals surface area contributed by atoms with Crippen molar-refractivity contribution in [2.24, 2.45) is 7.05 Å². The fraction of sp³-hybridized carbons (Fsp3) is 0.667. The third-order valence-corrected chi connectivity index (χ3v) is 2.81. The van der Waals surface area contributed by atoms with Crippen LogP contribution in [0.2, 0.25) is 0 Å². The molecule has 1 heterocycles. The highest BCUT2D eigenvalue weighted by Gasteiger charge is 2.13. The van der Waals surface area contributed by atoms with Gasteiger partial charge < -0.3 is 14.6 Å². The Morgan fingerprint density at radius 3 is 3.06 bits per heavy atom. The molecule has 16 heavy (non-hydrogen) atoms. The third-order valence-electron chi connectivity index (χ3n) is 2.11. The number of ether oxygens (including phenoxy) is 1. The highest BCUT2D eigenvalue weighted by molar-refractivity contribution is 9.10. The summed E-state index contributed by atoms with van der Waals surface area (Å²) in [6, 6.07) is 0. The van der Waals surface area contributed by atoms with E-state index in [2.05, 4.69) is 36.2 Å². The first-order valence-corrected chi connectivity index (χ1v) is 5.82. The number of aryl methyl sites for hydroxylation is 1. The Hall–Kier alpha value is -0.950. The number of nitrogens with one attached hydrogen (secondary N) is 1. The van der Waals surface area contributed by atoms with E-state index in [1.165, 1.54) is 7.11 Å². The zero-order valence-corrected chi connectivity index (χ0v) is 10.9. The van der Waals surface area contributed by atoms with Gasteiger partial charge >= 0.3 is 5.97 Å². The number of halogens is 1. The van der Waals surface area contributed by atoms with Crippen molar-refractivity contribution >= 4 is 21.9 Å². The normalized spacial score (nSPS) is 12.4. The van der Waals surface area contributed by atoms with Crippen molar-refractivity contribution in [3.63, 3.8) is 0 Å². The zero-order valence-electron chi connectivity index (χ0n) is 9.31. The molecule has 1 atom stereocenters. The lowest BCUT2D eigenvalue weighted by molar-refractivity contribution is -0.139. The number of rotatable bonds is 6. The van der Waals surface area contributed by atoms with Crippen molar-refractivity contribution in [1.29, 1.82) is 0 Å². The first-order valence-electron chi connectivity index (χ1n) is 4.90. The molecule has 1 aromatic heterocycles. The second kappa shape index (κ2) is 6.59. The molecule has 0 aliphatic carbocycles. The predicted octanol–water partition coefficient (Wildman–Crippen LogP) is -0.116. The van der Waals surface area contributed by atoms with Gasteiger partial charge in [0, 0.05) is 26.6 Å². The van der Waals surface area contributed by atoms with Crippen LogP contribution in [0, 0.1) is 0 Å². The third kappa shape index (κ3) is 3.90. The molecule has 0 aromatic carbocycles. The molecule has 1 aromatic rings. The average molecular weight is 291 g/mol. The van der Waals surface area contributed by atoms with Crippen LogP contribution in [0.15, 0.2) is 6.33 Å². The van der Waals surface area contributed by atoms with E-state index < -0.39 is 0 Å². The molecule has 0 bridgehead atoms. The van der Waals surface area contributed by atoms with E-state index in [0.29, 0.717) is 6.54 Å². The topological polar surface area (TPSA) is 69.0 Å². The van der Waals surface area contributed by atoms with Gasteiger partial charge in [-0.1, -0.05) is 15.9 Å². The van der Waals surface area contributed by atoms with Gasteiger partial charge in [-0.3, -0.25) is 4.79 Å². The molecular formula is C9H15BrN4O2. The van der Waals surface area contributed by atoms with Gasteiger partial charge in [0.25, 0.3) is 0 Å². The number of esters is 1. The van der Waals surface area contributed by atoms with E-state index >= 15 is 0 Å². The number of alkyl halides is 1. The number of carbonyl (C=O) groups is 1. The highest BCUT2D eigenvalue weighted by Crippen LogP contribution is 1.99. The smallest absolute Gasteiger partial charge is 0.320 e. The summed E-state index contributed by atoms with van der Waals surface area (Å²) in [5.74, 6) is 0.642. The fourth-order valence-corrected chi connectivity index (χ4v) is 1.59. The second-order valence-electron chi connectivity index (χ2n) is 3.30. The largest absolute Gasteiger partial charge is 0.468 e. The minimum absolute atomic E-state index is 0.272. The number of nitrogens with zero attached hydrogens (tertiary/aromatic N) is 3. The summed E-state index contributed by atoms with van der Waals surface area (Å²) < 4.78 is 6.45. The number of methoxy groups -OCH3 is 1. The average Bonchev–Trinajstić information content (AvgIpc) is 2.69. The molecule has 0 amide bonds. The Morgan fingerprint density at radius 2 is 2.50 bits per heavy atom. The number of carbonyl (C=O) groups excluding carboxylic acids is 1. The molecule has 7 heteroatoms. The van der Waals surface area contributed by atoms with E-state index in [1.54, 1.807) is 6.33 Å². The van der Waals surface area contributed by atoms with Crippen LogP contribution in [0.25, 0.3) is 0 Å². The van der Waals surface area contributed by atoms with Crippen LogP contribution in [0.3, 0.4) is 0 Å². The molecule has 0 spiro atoms. The molecule has 90 valence electrons. The van der Waals surface area contributed by atoms with Crippen molar-refractivity contribution in [2.75, 3.05) is 20.2 Å². The second-order valence-corrected chi connectivity index (χ2v) is 4.41. The van der Waals surface area contributed by atoms with Crippen LogP contribution >= 0.6 is 15.9 Å². The Morgan fingerprint density at radius 1 is 1.75 bits per heavy atom. The van der Waals surface area contributed by atoms with Gasteiger partial charge in [-0.25, -0.2) is 0 Å². The van der Waals surface area contributed by atoms with Crippen LogP contribution in [0.5, 0.6) is 0 Å². The number of hydrogen-bond donors (Lipinski definition) is 1. The Kier molecular flexibility index (Phi) is 5.41. The summed E-state index contributed by atoms with van der Waals surface area (Å²) in [4.78, 5) is 10.7. The summed E-state index contributed by atoms with van der Waals surface area (Å²) in [6.07, 6.45) is 2.44. The first-order chi connectivity index (χ1) is 7.65. The van der Waals surface area contributed by atoms with Crippen LogP contribution in [-0.4, -0.2) is 45.8 Å². The molecule has 1 N–H and O–H groups in total. The first kappa shape index (κ1) is 13.1. The van der Waals surface area contributed by atoms with Gasteiger partial charge in [0.2, 0.25) is 0 Å². The van der Waals surface area contributed by atoms with E-state index in [0.717, 1.165) is 18.8 Å². The van der Waals surface area contributed by atoms with E-state index in [-0.39, 0.29) is 10.8 Å². The summed E-state index contributed by atoms with van der Waals surface area (Å²) in [7, 11) is 3.27. The zero-order chi connectivity index (χ0) is 12.0. The molecule has 6 nitrogen and oxygen atoms in total. The van der Waals surface area contributed by atoms with Crippen LogP contribution in [-0.2, 0) is 23.0 Å². The Bertz CT molecular complexity index is 342. The molecule has 0 aliphatic heterocycles. The maximum absolute atomic E-state index is 11.1. The fourth-order valence-electron chi connectivity index (χ4n) is 1.17. The van der Waals surface area contributed by atoms with Gasteiger partial charge in [0.15, 0.2) is 0 Å². The maximum Gasteiger partial charge on any atom is 0.320 e. The van der Waals surface area contributed by atoms with E-state index in [1.807, 2.05) is 11.6 Å². The quantitative estimate of drug-likeness (QED) is 0.450. The van der Waals surface area contributed by atoms with Crippen LogP contribution < -0.4 is 5.32 Å². The van der Waals surface area contributed by atoms with E-state index in [4.69, 9.17) is 0 Å². The van der Waals surface area contributed by atoms with Crippen LogP contribution in [0.4, 0.5) is 0 Å². The minimum Gasteiger partial charge on any atom is -0.468 e. The molecule has 1 unspecified atom stereocenters. The standard InChI is InChI=1S/C9H15BrN4O2/c1-14-6-12-13-8(14)3-4-11-5-7(10)9(15)16-2/h6-7,11H,3-5H2,1-2H3. The molecule has 1 rings (SSSR count). The van der Waals surface area contributed by atoms with Crippen molar-refractivity contribution in [3.05, 3.63) is 12.2 Å². The molecule has 0 saturated carbocycles. The number of hydrogen-bond acceptors (Lipinski definition) is 5. The van der Waals surface area contributed by atoms with Gasteiger partial charge in [0.05, 0.1) is 7.11 Å². The van der Waals surface area contributed by atoms with Crippen molar-refractivity contribution < 1.29 is 9.53 Å². The lowest BCUT2D eigenvalue weighted by Gasteiger charge is -2.08. The Balaban J connectivity index is 2.17. The number of aromatic nitrogens is 3. The van der Waals surface area contributed by atoms with Crippen molar-refractivity contribution in [2.45, 2.75) is 11.2 Å². The summed E-state index contributed by atoms with van der Waals surface area (Å²) in [5, 5.41) is 10.9. The Labute approximate surface area is 103 Å². The summed E-state index contributed by atoms with van der Waals surface area (Å²) in [6.45, 7) is 1.27. The van der Waals surface area contributed by atoms with Crippen LogP contribution in [0.1, 0.15) is 5.82 Å². The highest BCUT2D eigenvalue weighted by atomic mass is 79.9. The van der Waals surface area contributed by atoms with Crippen molar-refractivity contribution in [3.8, 4) is 0 Å². The maximum atomic E-state index is 11.1. The lowest BCUT2D eigenvalue weighted by Crippen LogP contribution is -2.31. The molecule has 0 saturated heterocycles. The predicted molar refractivity (Wildman–Crippen MR) is 62.3 cm³/mol. The SMILES string of the molecule is COC(=O)C(Br)CNCCc1nncn1C. The van der Waals surface area contributed by atoms with Gasteiger partial charge in [-0.15, -0.1) is 10.2 Å². The summed E-state index contributed by atoms with van der Waals surface area (Å²) in [5.41, 5.74) is 0. The lowest BCUT2D eigenvalue weighted by atomic mass is 10.3. The summed E-state index contributed by atoms with van der Waals surface area (Å²) >= 11 is 3.23. The van der Waals surface area contributed by atoms with Gasteiger partial charge in [-0.05, 0) is 0 Å². The molecule has 0 fully saturated rings. The van der Waals surface area contributed by atoms with E-state index in [9.17, 15) is 4.79 Å².